The van der Waals surface area contributed by atoms with Gasteiger partial charge in [0, 0.05) is 18.7 Å². The van der Waals surface area contributed by atoms with Crippen LogP contribution in [-0.4, -0.2) is 80.0 Å². The molecule has 0 unspecified atom stereocenters. The molecule has 6 nitrogen and oxygen atoms in total. The predicted octanol–water partition coefficient (Wildman–Crippen LogP) is 3.13. The molecule has 1 aromatic rings. The number of amides is 2. The van der Waals surface area contributed by atoms with E-state index in [9.17, 15) is 9.59 Å². The number of nitrogens with zero attached hydrogens (tertiary/aromatic N) is 2. The molecule has 1 N–H and O–H groups in total. The van der Waals surface area contributed by atoms with Crippen molar-refractivity contribution in [2.24, 2.45) is 11.8 Å². The zero-order valence-corrected chi connectivity index (χ0v) is 20.0. The zero-order chi connectivity index (χ0) is 22.2. The number of benzene rings is 1. The Bertz CT molecular complexity index is 711. The Kier molecular flexibility index (Phi) is 9.08. The third-order valence-electron chi connectivity index (χ3n) is 6.85. The van der Waals surface area contributed by atoms with Gasteiger partial charge in [0.1, 0.15) is 11.8 Å². The number of ether oxygens (including phenoxy) is 1. The van der Waals surface area contributed by atoms with Gasteiger partial charge in [-0.1, -0.05) is 0 Å². The summed E-state index contributed by atoms with van der Waals surface area (Å²) < 4.78 is 5.16. The lowest BCUT2D eigenvalue weighted by Crippen LogP contribution is -2.51. The quantitative estimate of drug-likeness (QED) is 0.663. The molecule has 1 aromatic carbocycles. The first-order valence-electron chi connectivity index (χ1n) is 11.4. The lowest BCUT2D eigenvalue weighted by molar-refractivity contribution is -0.135. The Morgan fingerprint density at radius 2 is 1.65 bits per heavy atom. The van der Waals surface area contributed by atoms with Gasteiger partial charge in [-0.05, 0) is 100 Å². The van der Waals surface area contributed by atoms with E-state index >= 15 is 0 Å². The minimum atomic E-state index is -0.470. The molecular weight excluding hydrogens is 410 g/mol. The normalized spacial score (nSPS) is 19.8. The fourth-order valence-corrected chi connectivity index (χ4v) is 5.26. The van der Waals surface area contributed by atoms with Gasteiger partial charge in [-0.15, -0.1) is 0 Å². The molecule has 0 saturated carbocycles. The van der Waals surface area contributed by atoms with Crippen LogP contribution in [0.4, 0.5) is 0 Å². The zero-order valence-electron chi connectivity index (χ0n) is 19.1. The van der Waals surface area contributed by atoms with Crippen molar-refractivity contribution in [1.82, 2.24) is 15.1 Å². The molecule has 7 heteroatoms. The molecule has 2 aliphatic rings. The standard InChI is InChI=1S/C24H37N3O3S/c1-26-13-8-18(9-14-26)19-10-15-27(16-11-19)24(29)22(12-17-31-3)25-23(28)20-4-6-21(30-2)7-5-20/h4-7,18-19,22H,8-17H2,1-3H3,(H,25,28)/t22-/m0/s1. The second-order valence-corrected chi connectivity index (χ2v) is 9.83. The van der Waals surface area contributed by atoms with Crippen LogP contribution in [0.2, 0.25) is 0 Å². The van der Waals surface area contributed by atoms with E-state index in [0.717, 1.165) is 43.5 Å². The van der Waals surface area contributed by atoms with E-state index in [1.54, 1.807) is 43.1 Å². The van der Waals surface area contributed by atoms with Crippen molar-refractivity contribution in [3.8, 4) is 5.75 Å². The third kappa shape index (κ3) is 6.62. The van der Waals surface area contributed by atoms with Crippen molar-refractivity contribution < 1.29 is 14.3 Å². The maximum absolute atomic E-state index is 13.3. The van der Waals surface area contributed by atoms with Gasteiger partial charge in [-0.3, -0.25) is 9.59 Å². The number of methoxy groups -OCH3 is 1. The van der Waals surface area contributed by atoms with E-state index in [-0.39, 0.29) is 11.8 Å². The number of carbonyl (C=O) groups excluding carboxylic acids is 2. The molecule has 2 aliphatic heterocycles. The maximum Gasteiger partial charge on any atom is 0.251 e. The van der Waals surface area contributed by atoms with Gasteiger partial charge in [0.25, 0.3) is 5.91 Å². The van der Waals surface area contributed by atoms with Crippen molar-refractivity contribution in [1.29, 1.82) is 0 Å². The lowest BCUT2D eigenvalue weighted by Gasteiger charge is -2.40. The van der Waals surface area contributed by atoms with E-state index in [1.807, 2.05) is 11.2 Å². The van der Waals surface area contributed by atoms with Crippen molar-refractivity contribution in [3.05, 3.63) is 29.8 Å². The van der Waals surface area contributed by atoms with Crippen LogP contribution >= 0.6 is 11.8 Å². The summed E-state index contributed by atoms with van der Waals surface area (Å²) in [5, 5.41) is 2.99. The fraction of sp³-hybridized carbons (Fsp3) is 0.667. The van der Waals surface area contributed by atoms with Crippen molar-refractivity contribution in [3.63, 3.8) is 0 Å². The fourth-order valence-electron chi connectivity index (χ4n) is 4.79. The summed E-state index contributed by atoms with van der Waals surface area (Å²) in [5.74, 6) is 2.94. The summed E-state index contributed by atoms with van der Waals surface area (Å²) in [6.45, 7) is 4.00. The van der Waals surface area contributed by atoms with E-state index in [2.05, 4.69) is 17.3 Å². The minimum Gasteiger partial charge on any atom is -0.497 e. The number of thioether (sulfide) groups is 1. The van der Waals surface area contributed by atoms with Crippen molar-refractivity contribution >= 4 is 23.6 Å². The highest BCUT2D eigenvalue weighted by Gasteiger charge is 2.33. The average Bonchev–Trinajstić information content (AvgIpc) is 2.82. The average molecular weight is 448 g/mol. The second kappa shape index (κ2) is 11.8. The summed E-state index contributed by atoms with van der Waals surface area (Å²) in [7, 11) is 3.80. The van der Waals surface area contributed by atoms with Gasteiger partial charge in [0.2, 0.25) is 5.91 Å². The van der Waals surface area contributed by atoms with Gasteiger partial charge in [-0.25, -0.2) is 0 Å². The van der Waals surface area contributed by atoms with E-state index in [0.29, 0.717) is 17.7 Å². The summed E-state index contributed by atoms with van der Waals surface area (Å²) in [6.07, 6.45) is 7.41. The van der Waals surface area contributed by atoms with Gasteiger partial charge >= 0.3 is 0 Å². The number of hydrogen-bond donors (Lipinski definition) is 1. The van der Waals surface area contributed by atoms with E-state index < -0.39 is 6.04 Å². The highest BCUT2D eigenvalue weighted by molar-refractivity contribution is 7.98. The number of hydrogen-bond acceptors (Lipinski definition) is 5. The molecule has 1 atom stereocenters. The molecule has 0 bridgehead atoms. The monoisotopic (exact) mass is 447 g/mol. The molecule has 2 saturated heterocycles. The van der Waals surface area contributed by atoms with Gasteiger partial charge in [-0.2, -0.15) is 11.8 Å². The summed E-state index contributed by atoms with van der Waals surface area (Å²) >= 11 is 1.70. The molecule has 172 valence electrons. The lowest BCUT2D eigenvalue weighted by atomic mass is 9.79. The van der Waals surface area contributed by atoms with Crippen LogP contribution in [0.25, 0.3) is 0 Å². The molecule has 0 aliphatic carbocycles. The highest BCUT2D eigenvalue weighted by atomic mass is 32.2. The summed E-state index contributed by atoms with van der Waals surface area (Å²) in [4.78, 5) is 30.4. The topological polar surface area (TPSA) is 61.9 Å². The molecule has 0 radical (unpaired) electrons. The Labute approximate surface area is 191 Å². The number of likely N-dealkylation sites (tertiary alicyclic amines) is 2. The minimum absolute atomic E-state index is 0.0674. The van der Waals surface area contributed by atoms with Crippen LogP contribution in [0.3, 0.4) is 0 Å². The Hall–Kier alpha value is -1.73. The number of carbonyl (C=O) groups is 2. The molecule has 2 fully saturated rings. The van der Waals surface area contributed by atoms with E-state index in [1.165, 1.54) is 25.9 Å². The Morgan fingerprint density at radius 3 is 2.19 bits per heavy atom. The first kappa shape index (κ1) is 23.9. The molecule has 2 heterocycles. The van der Waals surface area contributed by atoms with Crippen LogP contribution in [-0.2, 0) is 4.79 Å². The second-order valence-electron chi connectivity index (χ2n) is 8.84. The molecule has 3 rings (SSSR count). The molecule has 31 heavy (non-hydrogen) atoms. The largest absolute Gasteiger partial charge is 0.497 e. The molecular formula is C24H37N3O3S. The number of rotatable bonds is 8. The molecule has 2 amide bonds. The first-order valence-corrected chi connectivity index (χ1v) is 12.8. The highest BCUT2D eigenvalue weighted by Crippen LogP contribution is 2.32. The van der Waals surface area contributed by atoms with Crippen molar-refractivity contribution in [2.45, 2.75) is 38.1 Å². The molecule has 0 spiro atoms. The third-order valence-corrected chi connectivity index (χ3v) is 7.49. The smallest absolute Gasteiger partial charge is 0.251 e. The SMILES string of the molecule is COc1ccc(C(=O)N[C@@H](CCSC)C(=O)N2CCC(C3CCN(C)CC3)CC2)cc1. The maximum atomic E-state index is 13.3. The van der Waals surface area contributed by atoms with E-state index in [4.69, 9.17) is 4.74 Å². The van der Waals surface area contributed by atoms with Crippen LogP contribution in [0.5, 0.6) is 5.75 Å². The van der Waals surface area contributed by atoms with Gasteiger partial charge in [0.05, 0.1) is 7.11 Å². The first-order chi connectivity index (χ1) is 15.0. The van der Waals surface area contributed by atoms with Crippen LogP contribution in [0.15, 0.2) is 24.3 Å². The number of nitrogens with one attached hydrogen (secondary N) is 1. The van der Waals surface area contributed by atoms with Gasteiger partial charge < -0.3 is 19.9 Å². The Balaban J connectivity index is 1.56. The van der Waals surface area contributed by atoms with Crippen LogP contribution < -0.4 is 10.1 Å². The van der Waals surface area contributed by atoms with Crippen LogP contribution in [0, 0.1) is 11.8 Å². The molecule has 0 aromatic heterocycles. The van der Waals surface area contributed by atoms with Crippen molar-refractivity contribution in [2.75, 3.05) is 52.3 Å². The number of piperidine rings is 2. The van der Waals surface area contributed by atoms with Crippen LogP contribution in [0.1, 0.15) is 42.5 Å². The Morgan fingerprint density at radius 1 is 1.06 bits per heavy atom. The predicted molar refractivity (Wildman–Crippen MR) is 127 cm³/mol. The van der Waals surface area contributed by atoms with Gasteiger partial charge in [0.15, 0.2) is 0 Å². The summed E-state index contributed by atoms with van der Waals surface area (Å²) in [6, 6.07) is 6.53. The summed E-state index contributed by atoms with van der Waals surface area (Å²) in [5.41, 5.74) is 0.545.